The molecular weight excluding hydrogens is 224 g/mol. The standard InChI is InChI=1S/C15H18N2O/c1-15(2,12-17)9-5-6-10-18-14-8-4-3-7-13(14)11-16/h3-4,7-8H,5-6,9-10H2,1-2H3. The van der Waals surface area contributed by atoms with Crippen LogP contribution in [0.1, 0.15) is 38.7 Å². The molecule has 94 valence electrons. The van der Waals surface area contributed by atoms with Gasteiger partial charge in [0.25, 0.3) is 0 Å². The number of rotatable bonds is 6. The largest absolute Gasteiger partial charge is 0.492 e. The van der Waals surface area contributed by atoms with E-state index >= 15 is 0 Å². The molecular formula is C15H18N2O. The number of ether oxygens (including phenoxy) is 1. The van der Waals surface area contributed by atoms with Crippen LogP contribution in [0.3, 0.4) is 0 Å². The Morgan fingerprint density at radius 3 is 2.56 bits per heavy atom. The van der Waals surface area contributed by atoms with Crippen LogP contribution in [0.15, 0.2) is 24.3 Å². The van der Waals surface area contributed by atoms with Crippen molar-refractivity contribution < 1.29 is 4.74 Å². The van der Waals surface area contributed by atoms with Crippen LogP contribution in [-0.4, -0.2) is 6.61 Å². The van der Waals surface area contributed by atoms with Crippen LogP contribution in [0.4, 0.5) is 0 Å². The monoisotopic (exact) mass is 242 g/mol. The van der Waals surface area contributed by atoms with Gasteiger partial charge in [-0.25, -0.2) is 0 Å². The number of nitrogens with zero attached hydrogens (tertiary/aromatic N) is 2. The van der Waals surface area contributed by atoms with E-state index in [4.69, 9.17) is 15.3 Å². The lowest BCUT2D eigenvalue weighted by atomic mass is 9.89. The summed E-state index contributed by atoms with van der Waals surface area (Å²) in [5.41, 5.74) is 0.305. The number of hydrogen-bond donors (Lipinski definition) is 0. The maximum absolute atomic E-state index is 8.89. The van der Waals surface area contributed by atoms with Crippen LogP contribution in [0.2, 0.25) is 0 Å². The van der Waals surface area contributed by atoms with E-state index in [-0.39, 0.29) is 5.41 Å². The summed E-state index contributed by atoms with van der Waals surface area (Å²) in [5, 5.41) is 17.8. The van der Waals surface area contributed by atoms with Crippen molar-refractivity contribution in [3.05, 3.63) is 29.8 Å². The molecule has 0 aliphatic heterocycles. The van der Waals surface area contributed by atoms with E-state index in [0.29, 0.717) is 17.9 Å². The second kappa shape index (κ2) is 6.67. The molecule has 0 atom stereocenters. The average molecular weight is 242 g/mol. The van der Waals surface area contributed by atoms with Crippen LogP contribution in [0.5, 0.6) is 5.75 Å². The molecule has 0 unspecified atom stereocenters. The fourth-order valence-electron chi connectivity index (χ4n) is 1.59. The Bertz CT molecular complexity index is 466. The van der Waals surface area contributed by atoms with Gasteiger partial charge in [-0.15, -0.1) is 0 Å². The molecule has 0 bridgehead atoms. The van der Waals surface area contributed by atoms with E-state index in [9.17, 15) is 0 Å². The fraction of sp³-hybridized carbons (Fsp3) is 0.467. The predicted molar refractivity (Wildman–Crippen MR) is 69.9 cm³/mol. The van der Waals surface area contributed by atoms with Crippen molar-refractivity contribution in [3.63, 3.8) is 0 Å². The molecule has 3 heteroatoms. The van der Waals surface area contributed by atoms with Gasteiger partial charge >= 0.3 is 0 Å². The molecule has 0 radical (unpaired) electrons. The third-order valence-electron chi connectivity index (χ3n) is 2.76. The molecule has 0 amide bonds. The van der Waals surface area contributed by atoms with Gasteiger partial charge in [-0.05, 0) is 45.2 Å². The van der Waals surface area contributed by atoms with E-state index in [1.807, 2.05) is 26.0 Å². The summed E-state index contributed by atoms with van der Waals surface area (Å²) in [7, 11) is 0. The molecule has 18 heavy (non-hydrogen) atoms. The average Bonchev–Trinajstić information content (AvgIpc) is 2.38. The molecule has 1 aromatic rings. The summed E-state index contributed by atoms with van der Waals surface area (Å²) in [6.07, 6.45) is 2.72. The van der Waals surface area contributed by atoms with Gasteiger partial charge in [0, 0.05) is 0 Å². The molecule has 0 N–H and O–H groups in total. The quantitative estimate of drug-likeness (QED) is 0.715. The number of para-hydroxylation sites is 1. The van der Waals surface area contributed by atoms with Gasteiger partial charge in [0.1, 0.15) is 11.8 Å². The number of benzene rings is 1. The summed E-state index contributed by atoms with van der Waals surface area (Å²) in [6.45, 7) is 4.47. The van der Waals surface area contributed by atoms with E-state index in [0.717, 1.165) is 19.3 Å². The minimum atomic E-state index is -0.259. The molecule has 1 rings (SSSR count). The lowest BCUT2D eigenvalue weighted by Crippen LogP contribution is -2.08. The number of unbranched alkanes of at least 4 members (excludes halogenated alkanes) is 1. The number of nitriles is 2. The normalized spacial score (nSPS) is 10.4. The first kappa shape index (κ1) is 14.1. The summed E-state index contributed by atoms with van der Waals surface area (Å²) in [4.78, 5) is 0. The number of hydrogen-bond acceptors (Lipinski definition) is 3. The Morgan fingerprint density at radius 1 is 1.17 bits per heavy atom. The molecule has 1 aromatic carbocycles. The van der Waals surface area contributed by atoms with Crippen LogP contribution >= 0.6 is 0 Å². The highest BCUT2D eigenvalue weighted by Gasteiger charge is 2.15. The zero-order valence-corrected chi connectivity index (χ0v) is 10.9. The van der Waals surface area contributed by atoms with Crippen molar-refractivity contribution in [1.29, 1.82) is 10.5 Å². The molecule has 0 saturated heterocycles. The summed E-state index contributed by atoms with van der Waals surface area (Å²) < 4.78 is 5.57. The van der Waals surface area contributed by atoms with Crippen molar-refractivity contribution in [2.24, 2.45) is 5.41 Å². The predicted octanol–water partition coefficient (Wildman–Crippen LogP) is 3.66. The van der Waals surface area contributed by atoms with Gasteiger partial charge in [-0.2, -0.15) is 10.5 Å². The smallest absolute Gasteiger partial charge is 0.137 e. The van der Waals surface area contributed by atoms with Crippen molar-refractivity contribution >= 4 is 0 Å². The van der Waals surface area contributed by atoms with Crippen LogP contribution in [0.25, 0.3) is 0 Å². The summed E-state index contributed by atoms with van der Waals surface area (Å²) in [6, 6.07) is 11.6. The Labute approximate surface area is 109 Å². The SMILES string of the molecule is CC(C)(C#N)CCCCOc1ccccc1C#N. The van der Waals surface area contributed by atoms with Crippen molar-refractivity contribution in [2.75, 3.05) is 6.61 Å². The molecule has 3 nitrogen and oxygen atoms in total. The minimum Gasteiger partial charge on any atom is -0.492 e. The first-order valence-electron chi connectivity index (χ1n) is 6.12. The maximum atomic E-state index is 8.89. The molecule has 0 aromatic heterocycles. The molecule has 0 aliphatic carbocycles. The lowest BCUT2D eigenvalue weighted by molar-refractivity contribution is 0.294. The lowest BCUT2D eigenvalue weighted by Gasteiger charge is -2.14. The maximum Gasteiger partial charge on any atom is 0.137 e. The summed E-state index contributed by atoms with van der Waals surface area (Å²) >= 11 is 0. The Morgan fingerprint density at radius 2 is 1.89 bits per heavy atom. The van der Waals surface area contributed by atoms with E-state index in [2.05, 4.69) is 12.1 Å². The molecule has 0 spiro atoms. The first-order valence-corrected chi connectivity index (χ1v) is 6.12. The second-order valence-corrected chi connectivity index (χ2v) is 4.91. The van der Waals surface area contributed by atoms with Crippen molar-refractivity contribution in [2.45, 2.75) is 33.1 Å². The van der Waals surface area contributed by atoms with E-state index in [1.54, 1.807) is 12.1 Å². The highest BCUT2D eigenvalue weighted by Crippen LogP contribution is 2.22. The minimum absolute atomic E-state index is 0.259. The fourth-order valence-corrected chi connectivity index (χ4v) is 1.59. The van der Waals surface area contributed by atoms with Gasteiger partial charge in [-0.1, -0.05) is 12.1 Å². The van der Waals surface area contributed by atoms with Crippen LogP contribution < -0.4 is 4.74 Å². The molecule has 0 fully saturated rings. The van der Waals surface area contributed by atoms with Gasteiger partial charge in [0.15, 0.2) is 0 Å². The summed E-state index contributed by atoms with van der Waals surface area (Å²) in [5.74, 6) is 0.638. The third-order valence-corrected chi connectivity index (χ3v) is 2.76. The topological polar surface area (TPSA) is 56.8 Å². The Balaban J connectivity index is 2.31. The van der Waals surface area contributed by atoms with Crippen molar-refractivity contribution in [1.82, 2.24) is 0 Å². The van der Waals surface area contributed by atoms with Gasteiger partial charge in [0.2, 0.25) is 0 Å². The first-order chi connectivity index (χ1) is 8.59. The van der Waals surface area contributed by atoms with Crippen molar-refractivity contribution in [3.8, 4) is 17.9 Å². The van der Waals surface area contributed by atoms with Gasteiger partial charge in [0.05, 0.1) is 23.7 Å². The Hall–Kier alpha value is -2.00. The van der Waals surface area contributed by atoms with E-state index in [1.165, 1.54) is 0 Å². The molecule has 0 aliphatic rings. The second-order valence-electron chi connectivity index (χ2n) is 4.91. The molecule has 0 saturated carbocycles. The van der Waals surface area contributed by atoms with E-state index < -0.39 is 0 Å². The third kappa shape index (κ3) is 4.47. The Kier molecular flexibility index (Phi) is 5.21. The van der Waals surface area contributed by atoms with Crippen LogP contribution in [0, 0.1) is 28.1 Å². The highest BCUT2D eigenvalue weighted by molar-refractivity contribution is 5.42. The zero-order chi connectivity index (χ0) is 13.4. The van der Waals surface area contributed by atoms with Gasteiger partial charge in [-0.3, -0.25) is 0 Å². The van der Waals surface area contributed by atoms with Gasteiger partial charge < -0.3 is 4.74 Å². The molecule has 0 heterocycles. The van der Waals surface area contributed by atoms with Crippen LogP contribution in [-0.2, 0) is 0 Å². The zero-order valence-electron chi connectivity index (χ0n) is 10.9. The highest BCUT2D eigenvalue weighted by atomic mass is 16.5.